The summed E-state index contributed by atoms with van der Waals surface area (Å²) < 4.78 is 0. The highest BCUT2D eigenvalue weighted by Crippen LogP contribution is 2.19. The minimum Gasteiger partial charge on any atom is -0.396 e. The van der Waals surface area contributed by atoms with Crippen LogP contribution in [-0.4, -0.2) is 47.0 Å². The van der Waals surface area contributed by atoms with Crippen LogP contribution in [0.3, 0.4) is 0 Å². The number of hydrogen-bond acceptors (Lipinski definition) is 3. The molecule has 72 valence electrons. The van der Waals surface area contributed by atoms with E-state index < -0.39 is 0 Å². The summed E-state index contributed by atoms with van der Waals surface area (Å²) in [6, 6.07) is 0.224. The van der Waals surface area contributed by atoms with Crippen LogP contribution >= 0.6 is 0 Å². The van der Waals surface area contributed by atoms with Gasteiger partial charge in [0.1, 0.15) is 0 Å². The van der Waals surface area contributed by atoms with E-state index in [0.29, 0.717) is 5.92 Å². The summed E-state index contributed by atoms with van der Waals surface area (Å²) >= 11 is 0. The highest BCUT2D eigenvalue weighted by molar-refractivity contribution is 4.81. The van der Waals surface area contributed by atoms with Gasteiger partial charge in [-0.15, -0.1) is 0 Å². The molecule has 12 heavy (non-hydrogen) atoms. The van der Waals surface area contributed by atoms with Crippen LogP contribution in [0.1, 0.15) is 20.3 Å². The zero-order valence-electron chi connectivity index (χ0n) is 7.90. The van der Waals surface area contributed by atoms with E-state index in [1.54, 1.807) is 0 Å². The molecule has 0 spiro atoms. The zero-order valence-corrected chi connectivity index (χ0v) is 7.90. The maximum atomic E-state index is 9.34. The van der Waals surface area contributed by atoms with Crippen molar-refractivity contribution < 1.29 is 10.2 Å². The third kappa shape index (κ3) is 2.19. The normalized spacial score (nSPS) is 30.5. The van der Waals surface area contributed by atoms with Crippen LogP contribution in [-0.2, 0) is 0 Å². The Morgan fingerprint density at radius 3 is 2.58 bits per heavy atom. The second-order valence-electron chi connectivity index (χ2n) is 3.81. The van der Waals surface area contributed by atoms with Crippen molar-refractivity contribution in [3.63, 3.8) is 0 Å². The summed E-state index contributed by atoms with van der Waals surface area (Å²) in [5, 5.41) is 18.3. The van der Waals surface area contributed by atoms with Gasteiger partial charge in [-0.25, -0.2) is 0 Å². The lowest BCUT2D eigenvalue weighted by Crippen LogP contribution is -2.38. The predicted octanol–water partition coefficient (Wildman–Crippen LogP) is 0.0699. The summed E-state index contributed by atoms with van der Waals surface area (Å²) in [4.78, 5) is 2.24. The van der Waals surface area contributed by atoms with Crippen LogP contribution in [0.2, 0.25) is 0 Å². The Morgan fingerprint density at radius 1 is 1.50 bits per heavy atom. The summed E-state index contributed by atoms with van der Waals surface area (Å²) in [6.07, 6.45) is 0.788. The van der Waals surface area contributed by atoms with E-state index in [4.69, 9.17) is 5.11 Å². The van der Waals surface area contributed by atoms with E-state index in [9.17, 15) is 5.11 Å². The maximum absolute atomic E-state index is 9.34. The molecule has 0 bridgehead atoms. The molecule has 0 aromatic heterocycles. The van der Waals surface area contributed by atoms with Crippen molar-refractivity contribution in [2.75, 3.05) is 19.7 Å². The van der Waals surface area contributed by atoms with E-state index in [1.807, 2.05) is 13.8 Å². The van der Waals surface area contributed by atoms with Gasteiger partial charge >= 0.3 is 0 Å². The molecule has 3 unspecified atom stereocenters. The molecule has 1 aliphatic rings. The third-order valence-electron chi connectivity index (χ3n) is 2.85. The van der Waals surface area contributed by atoms with Gasteiger partial charge in [-0.1, -0.05) is 0 Å². The van der Waals surface area contributed by atoms with E-state index in [2.05, 4.69) is 4.90 Å². The van der Waals surface area contributed by atoms with Crippen molar-refractivity contribution in [1.82, 2.24) is 4.90 Å². The Bertz CT molecular complexity index is 138. The Morgan fingerprint density at radius 2 is 2.17 bits per heavy atom. The molecule has 1 fully saturated rings. The molecule has 0 amide bonds. The molecular weight excluding hydrogens is 154 g/mol. The molecule has 0 aromatic rings. The Kier molecular flexibility index (Phi) is 3.50. The number of rotatable bonds is 3. The number of aliphatic hydroxyl groups is 2. The topological polar surface area (TPSA) is 43.7 Å². The fraction of sp³-hybridized carbons (Fsp3) is 1.00. The molecule has 2 N–H and O–H groups in total. The number of nitrogens with zero attached hydrogens (tertiary/aromatic N) is 1. The van der Waals surface area contributed by atoms with E-state index in [-0.39, 0.29) is 18.8 Å². The molecule has 0 aromatic carbocycles. The second kappa shape index (κ2) is 4.21. The van der Waals surface area contributed by atoms with Gasteiger partial charge in [0.05, 0.1) is 6.10 Å². The lowest BCUT2D eigenvalue weighted by atomic mass is 10.1. The minimum absolute atomic E-state index is 0.224. The van der Waals surface area contributed by atoms with Crippen LogP contribution < -0.4 is 0 Å². The van der Waals surface area contributed by atoms with Crippen molar-refractivity contribution in [2.45, 2.75) is 32.4 Å². The molecule has 0 saturated carbocycles. The molecule has 0 radical (unpaired) electrons. The fourth-order valence-electron chi connectivity index (χ4n) is 1.69. The zero-order chi connectivity index (χ0) is 9.14. The van der Waals surface area contributed by atoms with Gasteiger partial charge in [0.2, 0.25) is 0 Å². The first kappa shape index (κ1) is 9.96. The van der Waals surface area contributed by atoms with Crippen molar-refractivity contribution in [1.29, 1.82) is 0 Å². The first-order valence-electron chi connectivity index (χ1n) is 4.68. The lowest BCUT2D eigenvalue weighted by molar-refractivity contribution is 0.0808. The van der Waals surface area contributed by atoms with Crippen LogP contribution in [0.4, 0.5) is 0 Å². The van der Waals surface area contributed by atoms with E-state index >= 15 is 0 Å². The van der Waals surface area contributed by atoms with E-state index in [1.165, 1.54) is 0 Å². The molecule has 3 heteroatoms. The molecule has 3 nitrogen and oxygen atoms in total. The SMILES string of the molecule is CC(O)C(C)N1CCC(CO)C1. The molecular formula is C9H19NO2. The number of aliphatic hydroxyl groups excluding tert-OH is 2. The lowest BCUT2D eigenvalue weighted by Gasteiger charge is -2.26. The van der Waals surface area contributed by atoms with Gasteiger partial charge in [-0.05, 0) is 32.7 Å². The molecule has 1 aliphatic heterocycles. The Balaban J connectivity index is 2.35. The highest BCUT2D eigenvalue weighted by Gasteiger charge is 2.27. The van der Waals surface area contributed by atoms with Crippen LogP contribution in [0.15, 0.2) is 0 Å². The third-order valence-corrected chi connectivity index (χ3v) is 2.85. The maximum Gasteiger partial charge on any atom is 0.0664 e. The van der Waals surface area contributed by atoms with Crippen molar-refractivity contribution in [3.05, 3.63) is 0 Å². The average Bonchev–Trinajstić information content (AvgIpc) is 2.50. The van der Waals surface area contributed by atoms with E-state index in [0.717, 1.165) is 19.5 Å². The quantitative estimate of drug-likeness (QED) is 0.635. The molecule has 1 saturated heterocycles. The van der Waals surface area contributed by atoms with Gasteiger partial charge in [0.25, 0.3) is 0 Å². The van der Waals surface area contributed by atoms with Gasteiger partial charge in [-0.3, -0.25) is 4.90 Å². The number of hydrogen-bond donors (Lipinski definition) is 2. The predicted molar refractivity (Wildman–Crippen MR) is 47.9 cm³/mol. The van der Waals surface area contributed by atoms with Gasteiger partial charge < -0.3 is 10.2 Å². The molecule has 0 aliphatic carbocycles. The van der Waals surface area contributed by atoms with Crippen LogP contribution in [0, 0.1) is 5.92 Å². The minimum atomic E-state index is -0.276. The summed E-state index contributed by atoms with van der Waals surface area (Å²) in [5.41, 5.74) is 0. The second-order valence-corrected chi connectivity index (χ2v) is 3.81. The smallest absolute Gasteiger partial charge is 0.0664 e. The summed E-state index contributed by atoms with van der Waals surface area (Å²) in [5.74, 6) is 0.422. The number of likely N-dealkylation sites (tertiary alicyclic amines) is 1. The van der Waals surface area contributed by atoms with Crippen molar-refractivity contribution in [3.8, 4) is 0 Å². The van der Waals surface area contributed by atoms with Crippen LogP contribution in [0.5, 0.6) is 0 Å². The highest BCUT2D eigenvalue weighted by atomic mass is 16.3. The fourth-order valence-corrected chi connectivity index (χ4v) is 1.69. The largest absolute Gasteiger partial charge is 0.396 e. The first-order valence-corrected chi connectivity index (χ1v) is 4.68. The summed E-state index contributed by atoms with van der Waals surface area (Å²) in [6.45, 7) is 6.07. The van der Waals surface area contributed by atoms with Crippen molar-refractivity contribution >= 4 is 0 Å². The molecule has 1 rings (SSSR count). The van der Waals surface area contributed by atoms with Gasteiger partial charge in [-0.2, -0.15) is 0 Å². The Hall–Kier alpha value is -0.120. The molecule has 3 atom stereocenters. The first-order chi connectivity index (χ1) is 5.65. The summed E-state index contributed by atoms with van der Waals surface area (Å²) in [7, 11) is 0. The van der Waals surface area contributed by atoms with Crippen molar-refractivity contribution in [2.24, 2.45) is 5.92 Å². The van der Waals surface area contributed by atoms with Crippen LogP contribution in [0.25, 0.3) is 0 Å². The standard InChI is InChI=1S/C9H19NO2/c1-7(8(2)12)10-4-3-9(5-10)6-11/h7-9,11-12H,3-6H2,1-2H3. The Labute approximate surface area is 74.0 Å². The molecule has 1 heterocycles. The average molecular weight is 173 g/mol. The monoisotopic (exact) mass is 173 g/mol. The van der Waals surface area contributed by atoms with Gasteiger partial charge in [0.15, 0.2) is 0 Å². The van der Waals surface area contributed by atoms with Gasteiger partial charge in [0, 0.05) is 19.2 Å².